The van der Waals surface area contributed by atoms with Crippen molar-refractivity contribution in [1.82, 2.24) is 5.32 Å². The molecule has 0 spiro atoms. The Bertz CT molecular complexity index is 582. The highest BCUT2D eigenvalue weighted by atomic mass is 127. The second kappa shape index (κ2) is 10.8. The first kappa shape index (κ1) is 22.9. The summed E-state index contributed by atoms with van der Waals surface area (Å²) in [5.74, 6) is 2.03. The Kier molecular flexibility index (Phi) is 9.54. The van der Waals surface area contributed by atoms with Crippen LogP contribution in [0.3, 0.4) is 0 Å². The molecule has 3 N–H and O–H groups in total. The van der Waals surface area contributed by atoms with E-state index in [2.05, 4.69) is 30.2 Å². The number of benzene rings is 1. The van der Waals surface area contributed by atoms with Crippen LogP contribution < -0.4 is 20.5 Å². The quantitative estimate of drug-likeness (QED) is 0.280. The predicted molar refractivity (Wildman–Crippen MR) is 119 cm³/mol. The fourth-order valence-corrected chi connectivity index (χ4v) is 3.31. The number of nitrogens with two attached hydrogens (primary N) is 1. The lowest BCUT2D eigenvalue weighted by atomic mass is 9.84. The highest BCUT2D eigenvalue weighted by Gasteiger charge is 2.22. The Morgan fingerprint density at radius 3 is 2.31 bits per heavy atom. The number of nitrogens with one attached hydrogen (secondary N) is 1. The molecule has 1 aromatic rings. The second-order valence-corrected chi connectivity index (χ2v) is 7.49. The van der Waals surface area contributed by atoms with Crippen LogP contribution in [0.2, 0.25) is 0 Å². The van der Waals surface area contributed by atoms with Crippen LogP contribution in [-0.2, 0) is 5.41 Å². The van der Waals surface area contributed by atoms with Crippen molar-refractivity contribution in [3.05, 3.63) is 23.8 Å². The van der Waals surface area contributed by atoms with Crippen molar-refractivity contribution in [3.63, 3.8) is 0 Å². The van der Waals surface area contributed by atoms with E-state index in [1.165, 1.54) is 38.5 Å². The number of rotatable bonds is 6. The normalized spacial score (nSPS) is 16.4. The third-order valence-corrected chi connectivity index (χ3v) is 5.02. The molecule has 0 radical (unpaired) electrons. The van der Waals surface area contributed by atoms with Gasteiger partial charge < -0.3 is 20.5 Å². The smallest absolute Gasteiger partial charge is 0.188 e. The molecule has 26 heavy (non-hydrogen) atoms. The van der Waals surface area contributed by atoms with Crippen LogP contribution in [0, 0.1) is 0 Å². The molecule has 1 aromatic carbocycles. The number of hydrogen-bond donors (Lipinski definition) is 2. The molecule has 5 nitrogen and oxygen atoms in total. The summed E-state index contributed by atoms with van der Waals surface area (Å²) >= 11 is 0. The summed E-state index contributed by atoms with van der Waals surface area (Å²) in [6.45, 7) is 4.95. The highest BCUT2D eigenvalue weighted by Crippen LogP contribution is 2.33. The van der Waals surface area contributed by atoms with Crippen LogP contribution >= 0.6 is 24.0 Å². The number of hydrogen-bond acceptors (Lipinski definition) is 3. The maximum absolute atomic E-state index is 6.14. The van der Waals surface area contributed by atoms with Gasteiger partial charge in [-0.15, -0.1) is 24.0 Å². The molecule has 0 unspecified atom stereocenters. The number of halogens is 1. The first-order valence-corrected chi connectivity index (χ1v) is 9.25. The monoisotopic (exact) mass is 475 g/mol. The molecule has 148 valence electrons. The van der Waals surface area contributed by atoms with Crippen LogP contribution in [0.15, 0.2) is 23.2 Å². The minimum absolute atomic E-state index is 0. The topological polar surface area (TPSA) is 68.9 Å². The Labute approximate surface area is 175 Å². The first-order valence-electron chi connectivity index (χ1n) is 9.25. The van der Waals surface area contributed by atoms with Gasteiger partial charge in [0, 0.05) is 11.5 Å². The van der Waals surface area contributed by atoms with Crippen LogP contribution in [0.4, 0.5) is 0 Å². The molecule has 0 atom stereocenters. The molecule has 0 amide bonds. The van der Waals surface area contributed by atoms with Crippen molar-refractivity contribution in [1.29, 1.82) is 0 Å². The minimum atomic E-state index is -0.144. The summed E-state index contributed by atoms with van der Waals surface area (Å²) in [6.07, 6.45) is 7.61. The van der Waals surface area contributed by atoms with Crippen molar-refractivity contribution in [2.45, 2.75) is 63.8 Å². The van der Waals surface area contributed by atoms with Gasteiger partial charge >= 0.3 is 0 Å². The molecule has 0 saturated heterocycles. The fourth-order valence-electron chi connectivity index (χ4n) is 3.31. The summed E-state index contributed by atoms with van der Waals surface area (Å²) < 4.78 is 10.7. The van der Waals surface area contributed by atoms with Gasteiger partial charge in [-0.05, 0) is 30.5 Å². The molecule has 0 aromatic heterocycles. The van der Waals surface area contributed by atoms with Crippen molar-refractivity contribution in [2.24, 2.45) is 10.7 Å². The third kappa shape index (κ3) is 6.52. The molecule has 2 rings (SSSR count). The van der Waals surface area contributed by atoms with E-state index in [0.717, 1.165) is 17.1 Å². The van der Waals surface area contributed by atoms with Gasteiger partial charge in [-0.1, -0.05) is 45.6 Å². The zero-order valence-electron chi connectivity index (χ0n) is 16.5. The van der Waals surface area contributed by atoms with Crippen LogP contribution in [0.5, 0.6) is 11.5 Å². The molecule has 0 bridgehead atoms. The average molecular weight is 475 g/mol. The Balaban J connectivity index is 0.00000338. The van der Waals surface area contributed by atoms with E-state index in [1.54, 1.807) is 14.2 Å². The Morgan fingerprint density at radius 2 is 1.73 bits per heavy atom. The average Bonchev–Trinajstić information content (AvgIpc) is 2.88. The van der Waals surface area contributed by atoms with Crippen molar-refractivity contribution in [3.8, 4) is 11.5 Å². The van der Waals surface area contributed by atoms with Crippen LogP contribution in [0.1, 0.15) is 57.9 Å². The summed E-state index contributed by atoms with van der Waals surface area (Å²) in [5.41, 5.74) is 7.14. The molecular weight excluding hydrogens is 441 g/mol. The van der Waals surface area contributed by atoms with Gasteiger partial charge in [0.1, 0.15) is 0 Å². The van der Waals surface area contributed by atoms with Gasteiger partial charge in [-0.2, -0.15) is 0 Å². The lowest BCUT2D eigenvalue weighted by Crippen LogP contribution is -2.40. The van der Waals surface area contributed by atoms with E-state index < -0.39 is 0 Å². The van der Waals surface area contributed by atoms with Crippen molar-refractivity contribution < 1.29 is 9.47 Å². The lowest BCUT2D eigenvalue weighted by molar-refractivity contribution is 0.353. The lowest BCUT2D eigenvalue weighted by Gasteiger charge is -2.25. The van der Waals surface area contributed by atoms with Gasteiger partial charge in [-0.25, -0.2) is 0 Å². The van der Waals surface area contributed by atoms with Crippen LogP contribution in [0.25, 0.3) is 0 Å². The standard InChI is InChI=1S/C20H33N3O2.HI/c1-20(2,15-11-12-17(24-3)18(13-15)25-4)14-22-19(21)23-16-9-7-5-6-8-10-16;/h11-13,16H,5-10,14H2,1-4H3,(H3,21,22,23);1H. The maximum Gasteiger partial charge on any atom is 0.188 e. The second-order valence-electron chi connectivity index (χ2n) is 7.49. The van der Waals surface area contributed by atoms with E-state index in [1.807, 2.05) is 12.1 Å². The van der Waals surface area contributed by atoms with Gasteiger partial charge in [0.15, 0.2) is 17.5 Å². The van der Waals surface area contributed by atoms with E-state index in [4.69, 9.17) is 15.2 Å². The Morgan fingerprint density at radius 1 is 1.12 bits per heavy atom. The number of nitrogens with zero attached hydrogens (tertiary/aromatic N) is 1. The molecule has 6 heteroatoms. The van der Waals surface area contributed by atoms with Crippen molar-refractivity contribution >= 4 is 29.9 Å². The van der Waals surface area contributed by atoms with Gasteiger partial charge in [0.05, 0.1) is 20.8 Å². The fraction of sp³-hybridized carbons (Fsp3) is 0.650. The van der Waals surface area contributed by atoms with Gasteiger partial charge in [0.25, 0.3) is 0 Å². The van der Waals surface area contributed by atoms with E-state index >= 15 is 0 Å². The van der Waals surface area contributed by atoms with Gasteiger partial charge in [-0.3, -0.25) is 4.99 Å². The molecule has 1 saturated carbocycles. The van der Waals surface area contributed by atoms with Gasteiger partial charge in [0.2, 0.25) is 0 Å². The number of ether oxygens (including phenoxy) is 2. The molecule has 1 aliphatic rings. The van der Waals surface area contributed by atoms with E-state index in [9.17, 15) is 0 Å². The zero-order valence-corrected chi connectivity index (χ0v) is 18.8. The van der Waals surface area contributed by atoms with Crippen molar-refractivity contribution in [2.75, 3.05) is 20.8 Å². The molecule has 1 fully saturated rings. The number of guanidine groups is 1. The third-order valence-electron chi connectivity index (χ3n) is 5.02. The largest absolute Gasteiger partial charge is 0.493 e. The highest BCUT2D eigenvalue weighted by molar-refractivity contribution is 14.0. The molecule has 0 aliphatic heterocycles. The van der Waals surface area contributed by atoms with Crippen LogP contribution in [-0.4, -0.2) is 32.8 Å². The molecule has 0 heterocycles. The minimum Gasteiger partial charge on any atom is -0.493 e. The summed E-state index contributed by atoms with van der Waals surface area (Å²) in [6, 6.07) is 6.48. The number of methoxy groups -OCH3 is 2. The molecular formula is C20H34IN3O2. The van der Waals surface area contributed by atoms with E-state index in [-0.39, 0.29) is 29.4 Å². The number of aliphatic imine (C=N–C) groups is 1. The molecule has 1 aliphatic carbocycles. The summed E-state index contributed by atoms with van der Waals surface area (Å²) in [5, 5.41) is 3.41. The Hall–Kier alpha value is -1.18. The van der Waals surface area contributed by atoms with E-state index in [0.29, 0.717) is 18.5 Å². The SMILES string of the molecule is COc1ccc(C(C)(C)CN=C(N)NC2CCCCCC2)cc1OC.I. The zero-order chi connectivity index (χ0) is 18.3. The summed E-state index contributed by atoms with van der Waals surface area (Å²) in [4.78, 5) is 4.61. The first-order chi connectivity index (χ1) is 12.0. The maximum atomic E-state index is 6.14. The predicted octanol–water partition coefficient (Wildman–Crippen LogP) is 4.23. The summed E-state index contributed by atoms with van der Waals surface area (Å²) in [7, 11) is 3.30.